The fourth-order valence-electron chi connectivity index (χ4n) is 1.49. The van der Waals surface area contributed by atoms with Gasteiger partial charge in [0.15, 0.2) is 0 Å². The second kappa shape index (κ2) is 7.23. The molecule has 0 saturated carbocycles. The molecule has 0 aliphatic heterocycles. The second-order valence-electron chi connectivity index (χ2n) is 3.85. The van der Waals surface area contributed by atoms with Crippen molar-refractivity contribution < 1.29 is 14.8 Å². The summed E-state index contributed by atoms with van der Waals surface area (Å²) in [5.74, 6) is 1.51. The Morgan fingerprint density at radius 3 is 2.83 bits per heavy atom. The van der Waals surface area contributed by atoms with E-state index in [0.29, 0.717) is 17.9 Å². The third kappa shape index (κ3) is 4.19. The van der Waals surface area contributed by atoms with Gasteiger partial charge in [0.05, 0.1) is 17.6 Å². The quantitative estimate of drug-likeness (QED) is 0.469. The first-order valence-corrected chi connectivity index (χ1v) is 7.03. The lowest BCUT2D eigenvalue weighted by Crippen LogP contribution is -2.04. The predicted molar refractivity (Wildman–Crippen MR) is 72.2 cm³/mol. The molecule has 18 heavy (non-hydrogen) atoms. The van der Waals surface area contributed by atoms with Crippen LogP contribution in [0, 0.1) is 10.1 Å². The molecule has 0 heterocycles. The molecular formula is C12H17NO4S. The van der Waals surface area contributed by atoms with Crippen LogP contribution in [0.4, 0.5) is 5.69 Å². The van der Waals surface area contributed by atoms with Crippen molar-refractivity contribution in [2.24, 2.45) is 0 Å². The van der Waals surface area contributed by atoms with Gasteiger partial charge in [-0.25, -0.2) is 0 Å². The summed E-state index contributed by atoms with van der Waals surface area (Å²) < 4.78 is 5.54. The Kier molecular flexibility index (Phi) is 5.94. The van der Waals surface area contributed by atoms with Gasteiger partial charge in [0.25, 0.3) is 5.69 Å². The molecular weight excluding hydrogens is 254 g/mol. The summed E-state index contributed by atoms with van der Waals surface area (Å²) in [6.07, 6.45) is 2.13. The van der Waals surface area contributed by atoms with E-state index in [0.717, 1.165) is 12.2 Å². The fraction of sp³-hybridized carbons (Fsp3) is 0.500. The molecule has 0 saturated heterocycles. The van der Waals surface area contributed by atoms with E-state index in [1.54, 1.807) is 24.8 Å². The number of hydrogen-bond donors (Lipinski definition) is 1. The smallest absolute Gasteiger partial charge is 0.270 e. The van der Waals surface area contributed by atoms with Gasteiger partial charge in [-0.05, 0) is 31.4 Å². The minimum absolute atomic E-state index is 0.0395. The number of nitro benzene ring substituents is 1. The van der Waals surface area contributed by atoms with Crippen LogP contribution in [0.25, 0.3) is 0 Å². The molecule has 0 radical (unpaired) electrons. The van der Waals surface area contributed by atoms with Crippen molar-refractivity contribution in [2.45, 2.75) is 19.4 Å². The average Bonchev–Trinajstić information content (AvgIpc) is 2.34. The highest BCUT2D eigenvalue weighted by molar-refractivity contribution is 7.98. The summed E-state index contributed by atoms with van der Waals surface area (Å²) in [6.45, 7) is 2.10. The highest BCUT2D eigenvalue weighted by Gasteiger charge is 2.15. The summed E-state index contributed by atoms with van der Waals surface area (Å²) >= 11 is 1.73. The number of hydrogen-bond acceptors (Lipinski definition) is 5. The molecule has 6 heteroatoms. The maximum absolute atomic E-state index is 10.7. The number of nitro groups is 1. The largest absolute Gasteiger partial charge is 0.493 e. The van der Waals surface area contributed by atoms with Crippen LogP contribution in [-0.4, -0.2) is 28.6 Å². The van der Waals surface area contributed by atoms with Crippen molar-refractivity contribution in [1.29, 1.82) is 0 Å². The number of thioether (sulfide) groups is 1. The molecule has 1 aromatic rings. The highest BCUT2D eigenvalue weighted by atomic mass is 32.2. The van der Waals surface area contributed by atoms with E-state index < -0.39 is 11.0 Å². The maximum Gasteiger partial charge on any atom is 0.270 e. The molecule has 0 amide bonds. The van der Waals surface area contributed by atoms with Gasteiger partial charge in [-0.3, -0.25) is 10.1 Å². The van der Waals surface area contributed by atoms with Crippen LogP contribution < -0.4 is 4.74 Å². The Bertz CT molecular complexity index is 409. The molecule has 0 spiro atoms. The van der Waals surface area contributed by atoms with Crippen LogP contribution in [0.5, 0.6) is 5.75 Å². The van der Waals surface area contributed by atoms with E-state index in [4.69, 9.17) is 4.74 Å². The number of non-ortho nitro benzene ring substituents is 1. The molecule has 5 nitrogen and oxygen atoms in total. The number of benzene rings is 1. The van der Waals surface area contributed by atoms with E-state index in [2.05, 4.69) is 0 Å². The number of nitrogens with zero attached hydrogens (tertiary/aromatic N) is 1. The van der Waals surface area contributed by atoms with Gasteiger partial charge < -0.3 is 9.84 Å². The Morgan fingerprint density at radius 1 is 1.56 bits per heavy atom. The van der Waals surface area contributed by atoms with Gasteiger partial charge in [0.2, 0.25) is 0 Å². The normalized spacial score (nSPS) is 12.2. The number of rotatable bonds is 7. The van der Waals surface area contributed by atoms with Crippen LogP contribution in [0.3, 0.4) is 0 Å². The summed E-state index contributed by atoms with van der Waals surface area (Å²) in [6, 6.07) is 4.28. The van der Waals surface area contributed by atoms with E-state index in [9.17, 15) is 15.2 Å². The SMILES string of the molecule is CSCCCOc1ccc([N+](=O)[O-])cc1[C@@H](C)O. The molecule has 100 valence electrons. The molecule has 0 unspecified atom stereocenters. The molecule has 0 aliphatic carbocycles. The first-order chi connectivity index (χ1) is 8.56. The van der Waals surface area contributed by atoms with Gasteiger partial charge in [0.1, 0.15) is 5.75 Å². The van der Waals surface area contributed by atoms with Crippen molar-refractivity contribution in [2.75, 3.05) is 18.6 Å². The zero-order valence-corrected chi connectivity index (χ0v) is 11.3. The van der Waals surface area contributed by atoms with Crippen LogP contribution in [0.1, 0.15) is 25.0 Å². The summed E-state index contributed by atoms with van der Waals surface area (Å²) in [4.78, 5) is 10.2. The van der Waals surface area contributed by atoms with E-state index in [1.165, 1.54) is 12.1 Å². The molecule has 1 atom stereocenters. The van der Waals surface area contributed by atoms with E-state index >= 15 is 0 Å². The average molecular weight is 271 g/mol. The molecule has 0 aliphatic rings. The van der Waals surface area contributed by atoms with Crippen molar-refractivity contribution >= 4 is 17.4 Å². The Hall–Kier alpha value is -1.27. The first kappa shape index (κ1) is 14.8. The molecule has 1 aromatic carbocycles. The molecule has 0 bridgehead atoms. The number of aliphatic hydroxyl groups excluding tert-OH is 1. The molecule has 0 aromatic heterocycles. The van der Waals surface area contributed by atoms with Gasteiger partial charge in [0, 0.05) is 17.7 Å². The monoisotopic (exact) mass is 271 g/mol. The Balaban J connectivity index is 2.80. The van der Waals surface area contributed by atoms with Gasteiger partial charge >= 0.3 is 0 Å². The van der Waals surface area contributed by atoms with Crippen molar-refractivity contribution in [3.63, 3.8) is 0 Å². The third-order valence-corrected chi connectivity index (χ3v) is 3.10. The number of ether oxygens (including phenoxy) is 1. The number of aliphatic hydroxyl groups is 1. The Morgan fingerprint density at radius 2 is 2.28 bits per heavy atom. The third-order valence-electron chi connectivity index (χ3n) is 2.40. The first-order valence-electron chi connectivity index (χ1n) is 5.64. The minimum atomic E-state index is -0.791. The standard InChI is InChI=1S/C12H17NO4S/c1-9(14)11-8-10(13(15)16)4-5-12(11)17-6-3-7-18-2/h4-5,8-9,14H,3,6-7H2,1-2H3/t9-/m1/s1. The van der Waals surface area contributed by atoms with E-state index in [1.807, 2.05) is 6.26 Å². The predicted octanol–water partition coefficient (Wildman–Crippen LogP) is 2.78. The lowest BCUT2D eigenvalue weighted by atomic mass is 10.1. The lowest BCUT2D eigenvalue weighted by molar-refractivity contribution is -0.385. The van der Waals surface area contributed by atoms with Crippen LogP contribution in [-0.2, 0) is 0 Å². The Labute approximate surface area is 110 Å². The van der Waals surface area contributed by atoms with Crippen molar-refractivity contribution in [3.8, 4) is 5.75 Å². The fourth-order valence-corrected chi connectivity index (χ4v) is 1.90. The van der Waals surface area contributed by atoms with Gasteiger partial charge in [-0.1, -0.05) is 0 Å². The topological polar surface area (TPSA) is 72.6 Å². The summed E-state index contributed by atoms with van der Waals surface area (Å²) in [5, 5.41) is 20.3. The van der Waals surface area contributed by atoms with Crippen LogP contribution in [0.2, 0.25) is 0 Å². The van der Waals surface area contributed by atoms with Gasteiger partial charge in [-0.15, -0.1) is 0 Å². The summed E-state index contributed by atoms with van der Waals surface area (Å²) in [7, 11) is 0. The zero-order valence-electron chi connectivity index (χ0n) is 10.5. The molecule has 1 rings (SSSR count). The van der Waals surface area contributed by atoms with E-state index in [-0.39, 0.29) is 5.69 Å². The van der Waals surface area contributed by atoms with Crippen LogP contribution in [0.15, 0.2) is 18.2 Å². The zero-order chi connectivity index (χ0) is 13.5. The second-order valence-corrected chi connectivity index (χ2v) is 4.84. The summed E-state index contributed by atoms with van der Waals surface area (Å²) in [5.41, 5.74) is 0.413. The highest BCUT2D eigenvalue weighted by Crippen LogP contribution is 2.29. The molecule has 1 N–H and O–H groups in total. The van der Waals surface area contributed by atoms with Crippen molar-refractivity contribution in [1.82, 2.24) is 0 Å². The lowest BCUT2D eigenvalue weighted by Gasteiger charge is -2.13. The maximum atomic E-state index is 10.7. The van der Waals surface area contributed by atoms with Crippen LogP contribution >= 0.6 is 11.8 Å². The minimum Gasteiger partial charge on any atom is -0.493 e. The van der Waals surface area contributed by atoms with Crippen molar-refractivity contribution in [3.05, 3.63) is 33.9 Å². The molecule has 0 fully saturated rings. The van der Waals surface area contributed by atoms with Gasteiger partial charge in [-0.2, -0.15) is 11.8 Å².